The van der Waals surface area contributed by atoms with E-state index in [-0.39, 0.29) is 0 Å². The van der Waals surface area contributed by atoms with Gasteiger partial charge in [0.2, 0.25) is 0 Å². The maximum absolute atomic E-state index is 12.6. The molecule has 2 aliphatic heterocycles. The second kappa shape index (κ2) is 9.51. The van der Waals surface area contributed by atoms with E-state index in [0.717, 1.165) is 62.9 Å². The molecular formula is C21H33N4OS+. The number of piperazine rings is 1. The first-order chi connectivity index (χ1) is 13.0. The van der Waals surface area contributed by atoms with Crippen molar-refractivity contribution in [1.82, 2.24) is 9.80 Å². The Hall–Kier alpha value is -1.66. The molecule has 148 valence electrons. The molecule has 2 aliphatic rings. The van der Waals surface area contributed by atoms with E-state index in [1.54, 1.807) is 0 Å². The first kappa shape index (κ1) is 20.1. The highest BCUT2D eigenvalue weighted by atomic mass is 32.1. The zero-order valence-corrected chi connectivity index (χ0v) is 17.5. The normalized spacial score (nSPS) is 18.9. The summed E-state index contributed by atoms with van der Waals surface area (Å²) >= 11 is 5.61. The van der Waals surface area contributed by atoms with Crippen LogP contribution < -0.4 is 10.2 Å². The molecule has 0 saturated carbocycles. The molecule has 2 fully saturated rings. The smallest absolute Gasteiger partial charge is 0.277 e. The standard InChI is InChI=1S/C21H32N4OS/c1-17-7-8-19(15-18(17)2)22-21(27)25-13-11-23(12-14-25)16-20(26)24-9-5-3-4-6-10-24/h7-8,15H,3-6,9-14,16H2,1-2H3,(H,22,27)/p+1. The van der Waals surface area contributed by atoms with Gasteiger partial charge in [0.15, 0.2) is 11.7 Å². The lowest BCUT2D eigenvalue weighted by Crippen LogP contribution is -3.15. The summed E-state index contributed by atoms with van der Waals surface area (Å²) < 4.78 is 0. The van der Waals surface area contributed by atoms with Crippen molar-refractivity contribution in [2.24, 2.45) is 0 Å². The van der Waals surface area contributed by atoms with Crippen LogP contribution in [-0.2, 0) is 4.79 Å². The Morgan fingerprint density at radius 3 is 2.30 bits per heavy atom. The maximum Gasteiger partial charge on any atom is 0.277 e. The molecule has 0 atom stereocenters. The highest BCUT2D eigenvalue weighted by Crippen LogP contribution is 2.15. The number of rotatable bonds is 3. The maximum atomic E-state index is 12.6. The molecule has 1 amide bonds. The van der Waals surface area contributed by atoms with Crippen LogP contribution in [0.15, 0.2) is 18.2 Å². The number of benzene rings is 1. The number of amides is 1. The fourth-order valence-electron chi connectivity index (χ4n) is 3.87. The van der Waals surface area contributed by atoms with Gasteiger partial charge in [-0.1, -0.05) is 18.9 Å². The van der Waals surface area contributed by atoms with E-state index in [1.807, 2.05) is 0 Å². The largest absolute Gasteiger partial charge is 0.338 e. The predicted molar refractivity (Wildman–Crippen MR) is 114 cm³/mol. The summed E-state index contributed by atoms with van der Waals surface area (Å²) in [5.41, 5.74) is 3.61. The van der Waals surface area contributed by atoms with Crippen molar-refractivity contribution in [2.45, 2.75) is 39.5 Å². The average Bonchev–Trinajstić information content (AvgIpc) is 2.95. The minimum atomic E-state index is 0.330. The molecule has 2 saturated heterocycles. The SMILES string of the molecule is Cc1ccc(NC(=S)N2CC[NH+](CC(=O)N3CCCCCC3)CC2)cc1C. The summed E-state index contributed by atoms with van der Waals surface area (Å²) in [6.07, 6.45) is 4.85. The minimum Gasteiger partial charge on any atom is -0.338 e. The number of anilines is 1. The predicted octanol–water partition coefficient (Wildman–Crippen LogP) is 1.60. The Morgan fingerprint density at radius 2 is 1.67 bits per heavy atom. The number of nitrogens with one attached hydrogen (secondary N) is 2. The van der Waals surface area contributed by atoms with Crippen LogP contribution in [0, 0.1) is 13.8 Å². The second-order valence-corrected chi connectivity index (χ2v) is 8.32. The highest BCUT2D eigenvalue weighted by Gasteiger charge is 2.26. The van der Waals surface area contributed by atoms with Gasteiger partial charge in [0, 0.05) is 18.8 Å². The Morgan fingerprint density at radius 1 is 1.00 bits per heavy atom. The number of hydrogen-bond donors (Lipinski definition) is 2. The van der Waals surface area contributed by atoms with Gasteiger partial charge >= 0.3 is 0 Å². The molecule has 0 radical (unpaired) electrons. The van der Waals surface area contributed by atoms with Gasteiger partial charge < -0.3 is 20.0 Å². The Balaban J connectivity index is 1.44. The number of likely N-dealkylation sites (tertiary alicyclic amines) is 1. The molecular weight excluding hydrogens is 356 g/mol. The minimum absolute atomic E-state index is 0.330. The summed E-state index contributed by atoms with van der Waals surface area (Å²) in [6.45, 7) is 10.5. The van der Waals surface area contributed by atoms with Gasteiger partial charge in [0.1, 0.15) is 0 Å². The molecule has 1 aromatic rings. The molecule has 1 aromatic carbocycles. The molecule has 0 aliphatic carbocycles. The number of aryl methyl sites for hydroxylation is 2. The lowest BCUT2D eigenvalue weighted by molar-refractivity contribution is -0.896. The van der Waals surface area contributed by atoms with Crippen LogP contribution in [0.5, 0.6) is 0 Å². The van der Waals surface area contributed by atoms with E-state index in [1.165, 1.54) is 28.9 Å². The number of carbonyl (C=O) groups excluding carboxylic acids is 1. The second-order valence-electron chi connectivity index (χ2n) is 7.94. The Kier molecular flexibility index (Phi) is 7.07. The van der Waals surface area contributed by atoms with Crippen molar-refractivity contribution in [3.63, 3.8) is 0 Å². The Bertz CT molecular complexity index is 662. The van der Waals surface area contributed by atoms with Crippen molar-refractivity contribution in [2.75, 3.05) is 51.1 Å². The molecule has 3 rings (SSSR count). The van der Waals surface area contributed by atoms with Crippen LogP contribution in [-0.4, -0.2) is 66.6 Å². The summed E-state index contributed by atoms with van der Waals surface area (Å²) in [6, 6.07) is 6.34. The molecule has 2 N–H and O–H groups in total. The van der Waals surface area contributed by atoms with Gasteiger partial charge in [-0.2, -0.15) is 0 Å². The van der Waals surface area contributed by atoms with Gasteiger partial charge in [-0.05, 0) is 62.2 Å². The van der Waals surface area contributed by atoms with Crippen molar-refractivity contribution in [3.05, 3.63) is 29.3 Å². The van der Waals surface area contributed by atoms with Gasteiger partial charge in [0.05, 0.1) is 26.2 Å². The fourth-order valence-corrected chi connectivity index (χ4v) is 4.17. The van der Waals surface area contributed by atoms with E-state index >= 15 is 0 Å². The molecule has 27 heavy (non-hydrogen) atoms. The third-order valence-electron chi connectivity index (χ3n) is 5.88. The number of quaternary nitrogens is 1. The molecule has 0 aromatic heterocycles. The molecule has 0 unspecified atom stereocenters. The van der Waals surface area contributed by atoms with E-state index in [9.17, 15) is 4.79 Å². The number of carbonyl (C=O) groups is 1. The molecule has 0 bridgehead atoms. The van der Waals surface area contributed by atoms with Crippen LogP contribution in [0.2, 0.25) is 0 Å². The van der Waals surface area contributed by atoms with Crippen molar-refractivity contribution >= 4 is 28.9 Å². The number of thiocarbonyl (C=S) groups is 1. The number of nitrogens with zero attached hydrogens (tertiary/aromatic N) is 2. The fraction of sp³-hybridized carbons (Fsp3) is 0.619. The molecule has 0 spiro atoms. The lowest BCUT2D eigenvalue weighted by atomic mass is 10.1. The van der Waals surface area contributed by atoms with Crippen LogP contribution in [0.25, 0.3) is 0 Å². The molecule has 2 heterocycles. The first-order valence-corrected chi connectivity index (χ1v) is 10.7. The topological polar surface area (TPSA) is 40.0 Å². The van der Waals surface area contributed by atoms with E-state index in [2.05, 4.69) is 47.2 Å². The lowest BCUT2D eigenvalue weighted by Gasteiger charge is -2.34. The Labute approximate surface area is 168 Å². The zero-order valence-electron chi connectivity index (χ0n) is 16.7. The molecule has 6 heteroatoms. The first-order valence-electron chi connectivity index (χ1n) is 10.3. The molecule has 5 nitrogen and oxygen atoms in total. The summed E-state index contributed by atoms with van der Waals surface area (Å²) in [5, 5.41) is 4.15. The van der Waals surface area contributed by atoms with E-state index in [4.69, 9.17) is 12.2 Å². The van der Waals surface area contributed by atoms with Crippen LogP contribution in [0.1, 0.15) is 36.8 Å². The van der Waals surface area contributed by atoms with E-state index in [0.29, 0.717) is 12.5 Å². The van der Waals surface area contributed by atoms with Gasteiger partial charge in [-0.3, -0.25) is 4.79 Å². The summed E-state index contributed by atoms with van der Waals surface area (Å²) in [5.74, 6) is 0.330. The van der Waals surface area contributed by atoms with Crippen molar-refractivity contribution in [1.29, 1.82) is 0 Å². The zero-order chi connectivity index (χ0) is 19.2. The van der Waals surface area contributed by atoms with Gasteiger partial charge in [-0.15, -0.1) is 0 Å². The van der Waals surface area contributed by atoms with Crippen LogP contribution >= 0.6 is 12.2 Å². The highest BCUT2D eigenvalue weighted by molar-refractivity contribution is 7.80. The third kappa shape index (κ3) is 5.66. The van der Waals surface area contributed by atoms with Gasteiger partial charge in [-0.25, -0.2) is 0 Å². The monoisotopic (exact) mass is 389 g/mol. The summed E-state index contributed by atoms with van der Waals surface area (Å²) in [7, 11) is 0. The van der Waals surface area contributed by atoms with Gasteiger partial charge in [0.25, 0.3) is 5.91 Å². The van der Waals surface area contributed by atoms with Crippen LogP contribution in [0.4, 0.5) is 5.69 Å². The average molecular weight is 390 g/mol. The number of hydrogen-bond acceptors (Lipinski definition) is 2. The quantitative estimate of drug-likeness (QED) is 0.771. The summed E-state index contributed by atoms with van der Waals surface area (Å²) in [4.78, 5) is 18.3. The van der Waals surface area contributed by atoms with Crippen molar-refractivity contribution in [3.8, 4) is 0 Å². The van der Waals surface area contributed by atoms with Crippen LogP contribution in [0.3, 0.4) is 0 Å². The van der Waals surface area contributed by atoms with Crippen molar-refractivity contribution < 1.29 is 9.69 Å². The third-order valence-corrected chi connectivity index (χ3v) is 6.24. The van der Waals surface area contributed by atoms with E-state index < -0.39 is 0 Å².